The first-order valence-electron chi connectivity index (χ1n) is 13.3. The molecule has 0 saturated carbocycles. The Bertz CT molecular complexity index is 1750. The number of pyridine rings is 2. The van der Waals surface area contributed by atoms with E-state index in [1.807, 2.05) is 48.7 Å². The minimum absolute atomic E-state index is 0. The van der Waals surface area contributed by atoms with Crippen LogP contribution in [0.5, 0.6) is 0 Å². The molecule has 0 atom stereocenters. The van der Waals surface area contributed by atoms with Crippen molar-refractivity contribution in [1.82, 2.24) is 9.97 Å². The Balaban J connectivity index is 0.000000209. The number of hydrogen-bond donors (Lipinski definition) is 0. The summed E-state index contributed by atoms with van der Waals surface area (Å²) in [5, 5.41) is 2.63. The van der Waals surface area contributed by atoms with Crippen LogP contribution in [0.1, 0.15) is 36.1 Å². The molecule has 0 spiro atoms. The van der Waals surface area contributed by atoms with Gasteiger partial charge in [-0.1, -0.05) is 76.2 Å². The normalized spacial score (nSPS) is 12.5. The second kappa shape index (κ2) is 11.3. The fraction of sp³-hybridized carbons (Fsp3) is 0.135. The fourth-order valence-electron chi connectivity index (χ4n) is 5.70. The number of fused-ring (bicyclic) bond motifs is 5. The molecule has 0 saturated heterocycles. The maximum atomic E-state index is 4.82. The Kier molecular flexibility index (Phi) is 7.81. The first-order valence-corrected chi connectivity index (χ1v) is 13.3. The number of rotatable bonds is 2. The minimum atomic E-state index is -0.109. The van der Waals surface area contributed by atoms with Crippen LogP contribution in [0.4, 0.5) is 0 Å². The third-order valence-corrected chi connectivity index (χ3v) is 7.75. The van der Waals surface area contributed by atoms with Crippen molar-refractivity contribution in [2.45, 2.75) is 33.1 Å². The van der Waals surface area contributed by atoms with E-state index in [-0.39, 0.29) is 25.5 Å². The Labute approximate surface area is 250 Å². The summed E-state index contributed by atoms with van der Waals surface area (Å²) in [5.41, 5.74) is 11.9. The van der Waals surface area contributed by atoms with Gasteiger partial charge in [-0.15, -0.1) is 70.8 Å². The predicted molar refractivity (Wildman–Crippen MR) is 162 cm³/mol. The molecule has 0 unspecified atom stereocenters. The van der Waals surface area contributed by atoms with Crippen LogP contribution in [0.25, 0.3) is 44.4 Å². The van der Waals surface area contributed by atoms with Crippen molar-refractivity contribution >= 4 is 10.8 Å². The molecule has 0 aliphatic heterocycles. The molecule has 2 aromatic heterocycles. The number of aryl methyl sites for hydroxylation is 2. The minimum Gasteiger partial charge on any atom is -0.305 e. The van der Waals surface area contributed by atoms with Gasteiger partial charge < -0.3 is 9.97 Å². The third-order valence-electron chi connectivity index (χ3n) is 7.75. The van der Waals surface area contributed by atoms with Gasteiger partial charge in [0.1, 0.15) is 0 Å². The summed E-state index contributed by atoms with van der Waals surface area (Å²) in [5.74, 6) is 0. The molecule has 0 bridgehead atoms. The fourth-order valence-corrected chi connectivity index (χ4v) is 5.70. The van der Waals surface area contributed by atoms with Gasteiger partial charge in [0.05, 0.1) is 0 Å². The van der Waals surface area contributed by atoms with Crippen LogP contribution < -0.4 is 0 Å². The second-order valence-electron chi connectivity index (χ2n) is 10.6. The van der Waals surface area contributed by atoms with Crippen LogP contribution in [0.15, 0.2) is 109 Å². The van der Waals surface area contributed by atoms with Gasteiger partial charge >= 0.3 is 0 Å². The predicted octanol–water partition coefficient (Wildman–Crippen LogP) is 9.17. The molecule has 1 aliphatic carbocycles. The summed E-state index contributed by atoms with van der Waals surface area (Å²) in [6, 6.07) is 40.0. The van der Waals surface area contributed by atoms with Crippen LogP contribution >= 0.6 is 0 Å². The van der Waals surface area contributed by atoms with E-state index in [2.05, 4.69) is 99.4 Å². The zero-order valence-electron chi connectivity index (χ0n) is 23.1. The monoisotopic (exact) mass is 695 g/mol. The van der Waals surface area contributed by atoms with Gasteiger partial charge in [-0.2, -0.15) is 0 Å². The summed E-state index contributed by atoms with van der Waals surface area (Å²) in [6.45, 7) is 8.94. The third kappa shape index (κ3) is 4.92. The van der Waals surface area contributed by atoms with Crippen molar-refractivity contribution in [2.24, 2.45) is 0 Å². The average Bonchev–Trinajstić information content (AvgIpc) is 3.23. The Morgan fingerprint density at radius 1 is 0.650 bits per heavy atom. The smallest absolute Gasteiger partial charge is 0.0167 e. The van der Waals surface area contributed by atoms with Gasteiger partial charge in [-0.3, -0.25) is 0 Å². The molecule has 2 heterocycles. The maximum absolute atomic E-state index is 4.82. The van der Waals surface area contributed by atoms with E-state index in [0.29, 0.717) is 0 Å². The van der Waals surface area contributed by atoms with Gasteiger partial charge in [-0.05, 0) is 56.5 Å². The molecular weight excluding hydrogens is 665 g/mol. The van der Waals surface area contributed by atoms with E-state index in [9.17, 15) is 0 Å². The van der Waals surface area contributed by atoms with Crippen LogP contribution in [0, 0.1) is 26.0 Å². The number of benzene rings is 4. The summed E-state index contributed by atoms with van der Waals surface area (Å²) >= 11 is 0. The standard InChI is InChI=1S/C26H22N.C11H8N.Ir/c1-16-9-10-19(15-17(16)2)25-24-22(13-14-27-25)21-12-11-18-7-5-6-8-20(18)23(21)26(24,3)4;1-2-6-10(7-3-1)11-8-4-5-9-12-11;/h5-9,11-15H,1-4H3;1-6,8-9H;/q2*-1;. The molecule has 0 fully saturated rings. The van der Waals surface area contributed by atoms with Crippen LogP contribution in [0.2, 0.25) is 0 Å². The van der Waals surface area contributed by atoms with Crippen molar-refractivity contribution in [3.63, 3.8) is 0 Å². The molecule has 2 nitrogen and oxygen atoms in total. The van der Waals surface area contributed by atoms with Gasteiger partial charge in [0.2, 0.25) is 0 Å². The van der Waals surface area contributed by atoms with Gasteiger partial charge in [0.15, 0.2) is 0 Å². The summed E-state index contributed by atoms with van der Waals surface area (Å²) in [6.07, 6.45) is 3.73. The van der Waals surface area contributed by atoms with Gasteiger partial charge in [-0.25, -0.2) is 0 Å². The molecule has 1 radical (unpaired) electrons. The van der Waals surface area contributed by atoms with Crippen molar-refractivity contribution in [2.75, 3.05) is 0 Å². The Morgan fingerprint density at radius 2 is 1.43 bits per heavy atom. The van der Waals surface area contributed by atoms with E-state index in [4.69, 9.17) is 4.98 Å². The van der Waals surface area contributed by atoms with E-state index in [0.717, 1.165) is 22.5 Å². The molecule has 0 N–H and O–H groups in total. The molecule has 1 aliphatic rings. The molecule has 199 valence electrons. The topological polar surface area (TPSA) is 25.8 Å². The van der Waals surface area contributed by atoms with Gasteiger partial charge in [0, 0.05) is 37.9 Å². The first kappa shape index (κ1) is 27.6. The molecule has 4 aromatic carbocycles. The second-order valence-corrected chi connectivity index (χ2v) is 10.6. The van der Waals surface area contributed by atoms with Gasteiger partial charge in [0.25, 0.3) is 0 Å². The molecule has 3 heteroatoms. The van der Waals surface area contributed by atoms with Crippen molar-refractivity contribution in [1.29, 1.82) is 0 Å². The zero-order chi connectivity index (χ0) is 27.0. The number of nitrogens with zero attached hydrogens (tertiary/aromatic N) is 2. The number of aromatic nitrogens is 2. The first-order chi connectivity index (χ1) is 18.9. The van der Waals surface area contributed by atoms with E-state index < -0.39 is 0 Å². The van der Waals surface area contributed by atoms with Crippen molar-refractivity contribution in [3.05, 3.63) is 144 Å². The maximum Gasteiger partial charge on any atom is 0.0167 e. The quantitative estimate of drug-likeness (QED) is 0.169. The SMILES string of the molecule is Cc1c[c-]c(-c2nccc3c2C(C)(C)c2c-3ccc3ccccc23)cc1C.[Ir].[c-]1ccccc1-c1ccccn1. The van der Waals surface area contributed by atoms with Crippen LogP contribution in [-0.4, -0.2) is 9.97 Å². The van der Waals surface area contributed by atoms with Crippen LogP contribution in [0.3, 0.4) is 0 Å². The Hall–Kier alpha value is -3.91. The van der Waals surface area contributed by atoms with Crippen molar-refractivity contribution in [3.8, 4) is 33.6 Å². The molecule has 7 rings (SSSR count). The van der Waals surface area contributed by atoms with Crippen molar-refractivity contribution < 1.29 is 20.1 Å². The largest absolute Gasteiger partial charge is 0.305 e. The molecule has 6 aromatic rings. The van der Waals surface area contributed by atoms with E-state index in [1.54, 1.807) is 6.20 Å². The summed E-state index contributed by atoms with van der Waals surface area (Å²) in [7, 11) is 0. The molecule has 40 heavy (non-hydrogen) atoms. The molecule has 0 amide bonds. The number of hydrogen-bond acceptors (Lipinski definition) is 2. The van der Waals surface area contributed by atoms with E-state index >= 15 is 0 Å². The summed E-state index contributed by atoms with van der Waals surface area (Å²) in [4.78, 5) is 9.04. The molecular formula is C37H30IrN2-2. The van der Waals surface area contributed by atoms with Crippen LogP contribution in [-0.2, 0) is 25.5 Å². The zero-order valence-corrected chi connectivity index (χ0v) is 25.5. The average molecular weight is 695 g/mol. The summed E-state index contributed by atoms with van der Waals surface area (Å²) < 4.78 is 0. The Morgan fingerprint density at radius 3 is 2.17 bits per heavy atom. The van der Waals surface area contributed by atoms with E-state index in [1.165, 1.54) is 44.2 Å².